The van der Waals surface area contributed by atoms with E-state index in [2.05, 4.69) is 5.32 Å². The van der Waals surface area contributed by atoms with E-state index in [4.69, 9.17) is 0 Å². The molecule has 21 heavy (non-hydrogen) atoms. The van der Waals surface area contributed by atoms with E-state index in [-0.39, 0.29) is 6.04 Å². The van der Waals surface area contributed by atoms with Crippen LogP contribution in [-0.2, 0) is 10.0 Å². The predicted molar refractivity (Wildman–Crippen MR) is 86.0 cm³/mol. The van der Waals surface area contributed by atoms with Crippen molar-refractivity contribution < 1.29 is 8.42 Å². The normalized spacial score (nSPS) is 20.6. The third kappa shape index (κ3) is 3.65. The smallest absolute Gasteiger partial charge is 0.243 e. The van der Waals surface area contributed by atoms with Crippen molar-refractivity contribution in [2.45, 2.75) is 51.0 Å². The Morgan fingerprint density at radius 1 is 1.29 bits per heavy atom. The molecule has 1 heterocycles. The lowest BCUT2D eigenvalue weighted by Gasteiger charge is -2.35. The Balaban J connectivity index is 2.31. The highest BCUT2D eigenvalue weighted by Crippen LogP contribution is 2.27. The summed E-state index contributed by atoms with van der Waals surface area (Å²) >= 11 is 0. The number of sulfonamides is 1. The van der Waals surface area contributed by atoms with Crippen molar-refractivity contribution in [3.8, 4) is 0 Å². The van der Waals surface area contributed by atoms with Gasteiger partial charge in [0.05, 0.1) is 4.90 Å². The second-order valence-corrected chi connectivity index (χ2v) is 7.70. The van der Waals surface area contributed by atoms with Crippen molar-refractivity contribution in [2.24, 2.45) is 0 Å². The molecule has 0 saturated carbocycles. The van der Waals surface area contributed by atoms with Crippen LogP contribution >= 0.6 is 0 Å². The fourth-order valence-corrected chi connectivity index (χ4v) is 4.92. The molecule has 0 amide bonds. The first-order valence-electron chi connectivity index (χ1n) is 7.76. The summed E-state index contributed by atoms with van der Waals surface area (Å²) in [4.78, 5) is 0.455. The topological polar surface area (TPSA) is 49.4 Å². The van der Waals surface area contributed by atoms with Gasteiger partial charge in [0.1, 0.15) is 0 Å². The molecule has 1 unspecified atom stereocenters. The largest absolute Gasteiger partial charge is 0.315 e. The van der Waals surface area contributed by atoms with Gasteiger partial charge >= 0.3 is 0 Å². The van der Waals surface area contributed by atoms with E-state index in [0.29, 0.717) is 11.4 Å². The summed E-state index contributed by atoms with van der Waals surface area (Å²) in [5.41, 5.74) is 1.93. The number of hydrogen-bond donors (Lipinski definition) is 1. The van der Waals surface area contributed by atoms with Crippen LogP contribution in [0.2, 0.25) is 0 Å². The molecule has 0 bridgehead atoms. The van der Waals surface area contributed by atoms with Gasteiger partial charge in [-0.2, -0.15) is 4.31 Å². The van der Waals surface area contributed by atoms with Crippen molar-refractivity contribution >= 4 is 10.0 Å². The molecule has 1 saturated heterocycles. The minimum absolute atomic E-state index is 0.0735. The van der Waals surface area contributed by atoms with Gasteiger partial charge in [-0.25, -0.2) is 8.42 Å². The van der Waals surface area contributed by atoms with E-state index in [1.165, 1.54) is 0 Å². The van der Waals surface area contributed by atoms with E-state index in [0.717, 1.165) is 43.5 Å². The molecule has 0 spiro atoms. The number of benzene rings is 1. The van der Waals surface area contributed by atoms with Crippen LogP contribution in [0.5, 0.6) is 0 Å². The minimum Gasteiger partial charge on any atom is -0.315 e. The lowest BCUT2D eigenvalue weighted by molar-refractivity contribution is 0.246. The first-order valence-corrected chi connectivity index (χ1v) is 9.20. The number of nitrogens with one attached hydrogen (secondary N) is 1. The second kappa shape index (κ2) is 6.90. The van der Waals surface area contributed by atoms with Crippen molar-refractivity contribution in [3.63, 3.8) is 0 Å². The van der Waals surface area contributed by atoms with E-state index >= 15 is 0 Å². The van der Waals surface area contributed by atoms with Crippen molar-refractivity contribution in [3.05, 3.63) is 29.3 Å². The highest BCUT2D eigenvalue weighted by Gasteiger charge is 2.33. The molecular formula is C16H26N2O2S. The van der Waals surface area contributed by atoms with Gasteiger partial charge < -0.3 is 5.32 Å². The Morgan fingerprint density at radius 3 is 2.71 bits per heavy atom. The van der Waals surface area contributed by atoms with Crippen LogP contribution < -0.4 is 5.32 Å². The molecule has 118 valence electrons. The summed E-state index contributed by atoms with van der Waals surface area (Å²) in [6.07, 6.45) is 3.00. The molecule has 1 aromatic carbocycles. The molecule has 0 aliphatic carbocycles. The Kier molecular flexibility index (Phi) is 5.41. The van der Waals surface area contributed by atoms with E-state index in [1.807, 2.05) is 32.9 Å². The Labute approximate surface area is 128 Å². The van der Waals surface area contributed by atoms with Gasteiger partial charge in [0.15, 0.2) is 0 Å². The first kappa shape index (κ1) is 16.5. The predicted octanol–water partition coefficient (Wildman–Crippen LogP) is 2.46. The molecule has 1 atom stereocenters. The molecule has 5 heteroatoms. The molecule has 1 aromatic rings. The zero-order chi connectivity index (χ0) is 15.5. The van der Waals surface area contributed by atoms with Gasteiger partial charge in [-0.3, -0.25) is 0 Å². The van der Waals surface area contributed by atoms with Gasteiger partial charge in [0.25, 0.3) is 0 Å². The fraction of sp³-hybridized carbons (Fsp3) is 0.625. The van der Waals surface area contributed by atoms with Crippen LogP contribution in [0.1, 0.15) is 37.3 Å². The van der Waals surface area contributed by atoms with Crippen LogP contribution in [0.15, 0.2) is 23.1 Å². The maximum absolute atomic E-state index is 13.0. The van der Waals surface area contributed by atoms with Gasteiger partial charge in [-0.1, -0.05) is 31.0 Å². The SMILES string of the molecule is CCNCC1CCCCN1S(=O)(=O)c1ccc(C)cc1C. The minimum atomic E-state index is -3.40. The van der Waals surface area contributed by atoms with Crippen LogP contribution in [0.3, 0.4) is 0 Å². The molecule has 1 fully saturated rings. The highest BCUT2D eigenvalue weighted by atomic mass is 32.2. The number of nitrogens with zero attached hydrogens (tertiary/aromatic N) is 1. The molecule has 1 aliphatic rings. The molecule has 4 nitrogen and oxygen atoms in total. The van der Waals surface area contributed by atoms with Crippen LogP contribution in [0.25, 0.3) is 0 Å². The molecule has 0 radical (unpaired) electrons. The van der Waals surface area contributed by atoms with Gasteiger partial charge in [-0.15, -0.1) is 0 Å². The summed E-state index contributed by atoms with van der Waals surface area (Å²) in [5.74, 6) is 0. The number of aryl methyl sites for hydroxylation is 2. The standard InChI is InChI=1S/C16H26N2O2S/c1-4-17-12-15-7-5-6-10-18(15)21(19,20)16-9-8-13(2)11-14(16)3/h8-9,11,15,17H,4-7,10,12H2,1-3H3. The average Bonchev–Trinajstić information content (AvgIpc) is 2.45. The molecule has 1 aliphatic heterocycles. The molecular weight excluding hydrogens is 284 g/mol. The summed E-state index contributed by atoms with van der Waals surface area (Å²) < 4.78 is 27.7. The lowest BCUT2D eigenvalue weighted by Crippen LogP contribution is -2.48. The summed E-state index contributed by atoms with van der Waals surface area (Å²) in [6, 6.07) is 5.64. The quantitative estimate of drug-likeness (QED) is 0.909. The maximum atomic E-state index is 13.0. The van der Waals surface area contributed by atoms with Crippen LogP contribution in [-0.4, -0.2) is 38.4 Å². The van der Waals surface area contributed by atoms with Gasteiger partial charge in [0.2, 0.25) is 10.0 Å². The Morgan fingerprint density at radius 2 is 2.05 bits per heavy atom. The summed E-state index contributed by atoms with van der Waals surface area (Å²) in [7, 11) is -3.40. The molecule has 1 N–H and O–H groups in total. The van der Waals surface area contributed by atoms with Gasteiger partial charge in [0, 0.05) is 19.1 Å². The van der Waals surface area contributed by atoms with Crippen molar-refractivity contribution in [2.75, 3.05) is 19.6 Å². The van der Waals surface area contributed by atoms with E-state index < -0.39 is 10.0 Å². The first-order chi connectivity index (χ1) is 9.96. The summed E-state index contributed by atoms with van der Waals surface area (Å²) in [6.45, 7) is 8.15. The van der Waals surface area contributed by atoms with Crippen LogP contribution in [0.4, 0.5) is 0 Å². The number of piperidine rings is 1. The number of rotatable bonds is 5. The van der Waals surface area contributed by atoms with E-state index in [9.17, 15) is 8.42 Å². The number of hydrogen-bond acceptors (Lipinski definition) is 3. The van der Waals surface area contributed by atoms with Gasteiger partial charge in [-0.05, 0) is 44.9 Å². The maximum Gasteiger partial charge on any atom is 0.243 e. The van der Waals surface area contributed by atoms with Crippen molar-refractivity contribution in [1.29, 1.82) is 0 Å². The van der Waals surface area contributed by atoms with E-state index in [1.54, 1.807) is 10.4 Å². The third-order valence-corrected chi connectivity index (χ3v) is 6.23. The highest BCUT2D eigenvalue weighted by molar-refractivity contribution is 7.89. The van der Waals surface area contributed by atoms with Crippen LogP contribution in [0, 0.1) is 13.8 Å². The Bertz CT molecular complexity index is 584. The molecule has 0 aromatic heterocycles. The number of likely N-dealkylation sites (N-methyl/N-ethyl adjacent to an activating group) is 1. The average molecular weight is 310 g/mol. The monoisotopic (exact) mass is 310 g/mol. The molecule has 2 rings (SSSR count). The third-order valence-electron chi connectivity index (χ3n) is 4.12. The van der Waals surface area contributed by atoms with Crippen molar-refractivity contribution in [1.82, 2.24) is 9.62 Å². The second-order valence-electron chi connectivity index (χ2n) is 5.84. The zero-order valence-corrected chi connectivity index (χ0v) is 14.0. The lowest BCUT2D eigenvalue weighted by atomic mass is 10.1. The Hall–Kier alpha value is -0.910. The summed E-state index contributed by atoms with van der Waals surface area (Å²) in [5, 5.41) is 3.29. The fourth-order valence-electron chi connectivity index (χ4n) is 3.02. The zero-order valence-electron chi connectivity index (χ0n) is 13.2.